The number of unbranched alkanes of at least 4 members (excludes halogenated alkanes) is 4. The van der Waals surface area contributed by atoms with Crippen molar-refractivity contribution < 1.29 is 14.3 Å². The van der Waals surface area contributed by atoms with Gasteiger partial charge in [0.15, 0.2) is 0 Å². The van der Waals surface area contributed by atoms with Gasteiger partial charge >= 0.3 is 5.97 Å². The quantitative estimate of drug-likeness (QED) is 0.172. The number of aryl methyl sites for hydroxylation is 1. The lowest BCUT2D eigenvalue weighted by molar-refractivity contribution is 0.0734. The molecule has 3 aromatic rings. The average Bonchev–Trinajstić information content (AvgIpc) is 2.83. The molecule has 32 heavy (non-hydrogen) atoms. The van der Waals surface area contributed by atoms with Crippen LogP contribution in [0.2, 0.25) is 0 Å². The Kier molecular flexibility index (Phi) is 9.30. The SMILES string of the molecule is CCCCCCCOc1ccc(OC(=O)c2ccc(-c3ccc(CCC)cn3)cc2)cc1. The Morgan fingerprint density at radius 2 is 1.50 bits per heavy atom. The molecule has 0 bridgehead atoms. The van der Waals surface area contributed by atoms with E-state index in [1.165, 1.54) is 31.2 Å². The van der Waals surface area contributed by atoms with Gasteiger partial charge in [0.1, 0.15) is 11.5 Å². The Hall–Kier alpha value is -3.14. The van der Waals surface area contributed by atoms with Gasteiger partial charge in [-0.1, -0.05) is 64.2 Å². The summed E-state index contributed by atoms with van der Waals surface area (Å²) in [6, 6.07) is 18.7. The van der Waals surface area contributed by atoms with Gasteiger partial charge in [0, 0.05) is 11.8 Å². The molecule has 0 radical (unpaired) electrons. The van der Waals surface area contributed by atoms with Crippen LogP contribution >= 0.6 is 0 Å². The van der Waals surface area contributed by atoms with E-state index in [4.69, 9.17) is 9.47 Å². The first-order chi connectivity index (χ1) is 15.7. The van der Waals surface area contributed by atoms with Crippen molar-refractivity contribution in [1.29, 1.82) is 0 Å². The normalized spacial score (nSPS) is 10.7. The second-order valence-corrected chi connectivity index (χ2v) is 8.00. The predicted molar refractivity (Wildman–Crippen MR) is 129 cm³/mol. The molecule has 1 aromatic heterocycles. The lowest BCUT2D eigenvalue weighted by Gasteiger charge is -2.08. The Labute approximate surface area is 191 Å². The molecule has 0 aliphatic heterocycles. The monoisotopic (exact) mass is 431 g/mol. The van der Waals surface area contributed by atoms with E-state index in [-0.39, 0.29) is 5.97 Å². The van der Waals surface area contributed by atoms with Gasteiger partial charge in [0.2, 0.25) is 0 Å². The molecule has 4 heteroatoms. The van der Waals surface area contributed by atoms with Crippen molar-refractivity contribution in [1.82, 2.24) is 4.98 Å². The minimum atomic E-state index is -0.382. The number of benzene rings is 2. The fourth-order valence-electron chi connectivity index (χ4n) is 3.47. The molecule has 168 valence electrons. The molecule has 1 heterocycles. The fourth-order valence-corrected chi connectivity index (χ4v) is 3.47. The Bertz CT molecular complexity index is 947. The zero-order valence-electron chi connectivity index (χ0n) is 19.2. The molecule has 0 aliphatic carbocycles. The van der Waals surface area contributed by atoms with Crippen LogP contribution in [-0.2, 0) is 6.42 Å². The molecule has 0 spiro atoms. The number of nitrogens with zero attached hydrogens (tertiary/aromatic N) is 1. The molecule has 0 atom stereocenters. The van der Waals surface area contributed by atoms with E-state index in [1.54, 1.807) is 24.3 Å². The molecule has 0 N–H and O–H groups in total. The number of carbonyl (C=O) groups is 1. The van der Waals surface area contributed by atoms with Crippen LogP contribution in [0.4, 0.5) is 0 Å². The van der Waals surface area contributed by atoms with E-state index in [0.717, 1.165) is 36.3 Å². The molecule has 0 aliphatic rings. The number of esters is 1. The minimum Gasteiger partial charge on any atom is -0.494 e. The van der Waals surface area contributed by atoms with Gasteiger partial charge in [0.05, 0.1) is 17.9 Å². The van der Waals surface area contributed by atoms with Gasteiger partial charge in [-0.2, -0.15) is 0 Å². The van der Waals surface area contributed by atoms with Crippen molar-refractivity contribution in [2.75, 3.05) is 6.61 Å². The number of hydrogen-bond acceptors (Lipinski definition) is 4. The minimum absolute atomic E-state index is 0.382. The molecule has 0 amide bonds. The molecule has 3 rings (SSSR count). The summed E-state index contributed by atoms with van der Waals surface area (Å²) in [5.74, 6) is 0.914. The maximum absolute atomic E-state index is 12.5. The van der Waals surface area contributed by atoms with E-state index in [1.807, 2.05) is 36.5 Å². The molecule has 4 nitrogen and oxygen atoms in total. The zero-order chi connectivity index (χ0) is 22.6. The van der Waals surface area contributed by atoms with Crippen molar-refractivity contribution in [3.05, 3.63) is 78.0 Å². The van der Waals surface area contributed by atoms with Crippen LogP contribution in [0.15, 0.2) is 66.9 Å². The lowest BCUT2D eigenvalue weighted by atomic mass is 10.1. The summed E-state index contributed by atoms with van der Waals surface area (Å²) in [7, 11) is 0. The molecule has 0 fully saturated rings. The van der Waals surface area contributed by atoms with Crippen LogP contribution in [0.5, 0.6) is 11.5 Å². The summed E-state index contributed by atoms with van der Waals surface area (Å²) < 4.78 is 11.3. The highest BCUT2D eigenvalue weighted by molar-refractivity contribution is 5.91. The highest BCUT2D eigenvalue weighted by Crippen LogP contribution is 2.21. The maximum Gasteiger partial charge on any atom is 0.343 e. The molecule has 0 saturated carbocycles. The number of aromatic nitrogens is 1. The summed E-state index contributed by atoms with van der Waals surface area (Å²) in [6.45, 7) is 5.08. The predicted octanol–water partition coefficient (Wildman–Crippen LogP) is 7.27. The Morgan fingerprint density at radius 1 is 0.781 bits per heavy atom. The second kappa shape index (κ2) is 12.7. The summed E-state index contributed by atoms with van der Waals surface area (Å²) in [4.78, 5) is 17.0. The number of ether oxygens (including phenoxy) is 2. The lowest BCUT2D eigenvalue weighted by Crippen LogP contribution is -2.08. The number of rotatable bonds is 12. The number of hydrogen-bond donors (Lipinski definition) is 0. The Morgan fingerprint density at radius 3 is 2.16 bits per heavy atom. The number of pyridine rings is 1. The fraction of sp³-hybridized carbons (Fsp3) is 0.357. The van der Waals surface area contributed by atoms with Crippen LogP contribution < -0.4 is 9.47 Å². The first-order valence-electron chi connectivity index (χ1n) is 11.7. The van der Waals surface area contributed by atoms with Crippen molar-refractivity contribution >= 4 is 5.97 Å². The van der Waals surface area contributed by atoms with Gasteiger partial charge in [-0.05, 0) is 60.9 Å². The third kappa shape index (κ3) is 7.23. The van der Waals surface area contributed by atoms with E-state index in [0.29, 0.717) is 17.9 Å². The van der Waals surface area contributed by atoms with E-state index in [2.05, 4.69) is 24.9 Å². The molecule has 0 unspecified atom stereocenters. The third-order valence-corrected chi connectivity index (χ3v) is 5.33. The van der Waals surface area contributed by atoms with Crippen molar-refractivity contribution in [3.8, 4) is 22.8 Å². The van der Waals surface area contributed by atoms with Gasteiger partial charge in [-0.3, -0.25) is 4.98 Å². The topological polar surface area (TPSA) is 48.4 Å². The van der Waals surface area contributed by atoms with Crippen LogP contribution in [0, 0.1) is 0 Å². The first-order valence-corrected chi connectivity index (χ1v) is 11.7. The van der Waals surface area contributed by atoms with Crippen molar-refractivity contribution in [3.63, 3.8) is 0 Å². The highest BCUT2D eigenvalue weighted by Gasteiger charge is 2.10. The highest BCUT2D eigenvalue weighted by atomic mass is 16.5. The summed E-state index contributed by atoms with van der Waals surface area (Å²) in [6.07, 6.45) is 10.1. The largest absolute Gasteiger partial charge is 0.494 e. The Balaban J connectivity index is 1.50. The maximum atomic E-state index is 12.5. The van der Waals surface area contributed by atoms with Crippen molar-refractivity contribution in [2.24, 2.45) is 0 Å². The molecular weight excluding hydrogens is 398 g/mol. The van der Waals surface area contributed by atoms with Crippen molar-refractivity contribution in [2.45, 2.75) is 58.8 Å². The van der Waals surface area contributed by atoms with Crippen LogP contribution in [-0.4, -0.2) is 17.6 Å². The summed E-state index contributed by atoms with van der Waals surface area (Å²) in [5, 5.41) is 0. The zero-order valence-corrected chi connectivity index (χ0v) is 19.2. The van der Waals surface area contributed by atoms with Crippen LogP contribution in [0.3, 0.4) is 0 Å². The van der Waals surface area contributed by atoms with Gasteiger partial charge in [0.25, 0.3) is 0 Å². The van der Waals surface area contributed by atoms with Crippen LogP contribution in [0.1, 0.15) is 68.3 Å². The molecule has 0 saturated heterocycles. The smallest absolute Gasteiger partial charge is 0.343 e. The van der Waals surface area contributed by atoms with E-state index >= 15 is 0 Å². The standard InChI is InChI=1S/C28H33NO3/c1-3-5-6-7-8-20-31-25-15-17-26(18-16-25)32-28(30)24-13-11-23(12-14-24)27-19-10-22(9-4-2)21-29-27/h10-19,21H,3-9,20H2,1-2H3. The third-order valence-electron chi connectivity index (χ3n) is 5.33. The summed E-state index contributed by atoms with van der Waals surface area (Å²) in [5.41, 5.74) is 3.61. The van der Waals surface area contributed by atoms with Gasteiger partial charge in [-0.15, -0.1) is 0 Å². The van der Waals surface area contributed by atoms with Crippen LogP contribution in [0.25, 0.3) is 11.3 Å². The van der Waals surface area contributed by atoms with Gasteiger partial charge in [-0.25, -0.2) is 4.79 Å². The van der Waals surface area contributed by atoms with E-state index < -0.39 is 0 Å². The number of carbonyl (C=O) groups excluding carboxylic acids is 1. The van der Waals surface area contributed by atoms with Gasteiger partial charge < -0.3 is 9.47 Å². The average molecular weight is 432 g/mol. The second-order valence-electron chi connectivity index (χ2n) is 8.00. The summed E-state index contributed by atoms with van der Waals surface area (Å²) >= 11 is 0. The molecular formula is C28H33NO3. The van der Waals surface area contributed by atoms with E-state index in [9.17, 15) is 4.79 Å². The molecule has 2 aromatic carbocycles. The first kappa shape index (κ1) is 23.5.